The Kier molecular flexibility index (Phi) is 4.07. The number of hydrogen-bond acceptors (Lipinski definition) is 4. The van der Waals surface area contributed by atoms with Crippen LogP contribution in [-0.2, 0) is 16.4 Å². The minimum atomic E-state index is -2.87. The highest BCUT2D eigenvalue weighted by atomic mass is 32.2. The van der Waals surface area contributed by atoms with Crippen molar-refractivity contribution in [3.05, 3.63) is 42.1 Å². The number of H-pyrrole nitrogens is 1. The van der Waals surface area contributed by atoms with Gasteiger partial charge in [-0.15, -0.1) is 0 Å². The monoisotopic (exact) mass is 305 g/mol. The van der Waals surface area contributed by atoms with Gasteiger partial charge in [-0.2, -0.15) is 5.10 Å². The molecule has 1 unspecified atom stereocenters. The number of aromatic nitrogens is 2. The van der Waals surface area contributed by atoms with Gasteiger partial charge in [-0.3, -0.25) is 5.10 Å². The second-order valence-electron chi connectivity index (χ2n) is 5.47. The van der Waals surface area contributed by atoms with Crippen molar-refractivity contribution in [2.45, 2.75) is 25.4 Å². The van der Waals surface area contributed by atoms with E-state index in [9.17, 15) is 8.42 Å². The molecule has 21 heavy (non-hydrogen) atoms. The Morgan fingerprint density at radius 1 is 1.29 bits per heavy atom. The minimum Gasteiger partial charge on any atom is -0.309 e. The summed E-state index contributed by atoms with van der Waals surface area (Å²) in [4.78, 5) is 0. The van der Waals surface area contributed by atoms with E-state index >= 15 is 0 Å². The standard InChI is InChI=1S/C15H19N3O2S/c19-21(20)8-4-7-14(11-21)16-9-13-10-17-18-15(13)12-5-2-1-3-6-12/h1-3,5-6,10,14,16H,4,7-9,11H2,(H,17,18). The molecule has 0 bridgehead atoms. The summed E-state index contributed by atoms with van der Waals surface area (Å²) in [6, 6.07) is 10.1. The number of nitrogens with zero attached hydrogens (tertiary/aromatic N) is 1. The van der Waals surface area contributed by atoms with Gasteiger partial charge in [0.05, 0.1) is 23.4 Å². The largest absolute Gasteiger partial charge is 0.309 e. The molecule has 0 radical (unpaired) electrons. The molecule has 1 aliphatic rings. The Morgan fingerprint density at radius 3 is 2.86 bits per heavy atom. The first-order valence-electron chi connectivity index (χ1n) is 7.15. The van der Waals surface area contributed by atoms with E-state index < -0.39 is 9.84 Å². The zero-order chi connectivity index (χ0) is 14.7. The molecule has 2 heterocycles. The van der Waals surface area contributed by atoms with Gasteiger partial charge in [0.1, 0.15) is 0 Å². The van der Waals surface area contributed by atoms with Gasteiger partial charge in [0.2, 0.25) is 0 Å². The molecule has 0 saturated carbocycles. The molecular formula is C15H19N3O2S. The molecule has 1 aromatic heterocycles. The highest BCUT2D eigenvalue weighted by molar-refractivity contribution is 7.91. The van der Waals surface area contributed by atoms with Gasteiger partial charge >= 0.3 is 0 Å². The highest BCUT2D eigenvalue weighted by Crippen LogP contribution is 2.21. The third-order valence-electron chi connectivity index (χ3n) is 3.82. The molecular weight excluding hydrogens is 286 g/mol. The molecule has 6 heteroatoms. The van der Waals surface area contributed by atoms with Crippen molar-refractivity contribution in [1.82, 2.24) is 15.5 Å². The second-order valence-corrected chi connectivity index (χ2v) is 7.70. The second kappa shape index (κ2) is 5.99. The van der Waals surface area contributed by atoms with Crippen LogP contribution in [0.3, 0.4) is 0 Å². The van der Waals surface area contributed by atoms with E-state index in [1.54, 1.807) is 6.20 Å². The van der Waals surface area contributed by atoms with E-state index in [0.717, 1.165) is 29.7 Å². The third kappa shape index (κ3) is 3.51. The van der Waals surface area contributed by atoms with Crippen LogP contribution >= 0.6 is 0 Å². The van der Waals surface area contributed by atoms with E-state index in [2.05, 4.69) is 15.5 Å². The molecule has 2 N–H and O–H groups in total. The van der Waals surface area contributed by atoms with Crippen LogP contribution in [-0.4, -0.2) is 36.2 Å². The number of rotatable bonds is 4. The SMILES string of the molecule is O=S1(=O)CCCC(NCc2cn[nH]c2-c2ccccc2)C1. The Balaban J connectivity index is 1.68. The fourth-order valence-corrected chi connectivity index (χ4v) is 4.41. The first-order valence-corrected chi connectivity index (χ1v) is 8.98. The Hall–Kier alpha value is -1.66. The normalized spacial score (nSPS) is 21.2. The lowest BCUT2D eigenvalue weighted by Crippen LogP contribution is -2.39. The van der Waals surface area contributed by atoms with Crippen LogP contribution in [0.1, 0.15) is 18.4 Å². The van der Waals surface area contributed by atoms with Crippen LogP contribution in [0.4, 0.5) is 0 Å². The molecule has 0 amide bonds. The Labute approximate surface area is 124 Å². The van der Waals surface area contributed by atoms with Crippen molar-refractivity contribution in [2.75, 3.05) is 11.5 Å². The first-order chi connectivity index (χ1) is 10.1. The summed E-state index contributed by atoms with van der Waals surface area (Å²) in [5.41, 5.74) is 3.13. The van der Waals surface area contributed by atoms with E-state index in [-0.39, 0.29) is 11.8 Å². The van der Waals surface area contributed by atoms with E-state index in [0.29, 0.717) is 12.3 Å². The maximum absolute atomic E-state index is 11.7. The van der Waals surface area contributed by atoms with Gasteiger partial charge in [0.15, 0.2) is 9.84 Å². The lowest BCUT2D eigenvalue weighted by Gasteiger charge is -2.23. The third-order valence-corrected chi connectivity index (χ3v) is 5.65. The molecule has 1 atom stereocenters. The van der Waals surface area contributed by atoms with Crippen molar-refractivity contribution in [2.24, 2.45) is 0 Å². The molecule has 0 spiro atoms. The zero-order valence-corrected chi connectivity index (χ0v) is 12.6. The molecule has 1 fully saturated rings. The summed E-state index contributed by atoms with van der Waals surface area (Å²) >= 11 is 0. The maximum atomic E-state index is 11.7. The predicted molar refractivity (Wildman–Crippen MR) is 82.5 cm³/mol. The van der Waals surface area contributed by atoms with Crippen molar-refractivity contribution < 1.29 is 8.42 Å². The summed E-state index contributed by atoms with van der Waals surface area (Å²) in [5, 5.41) is 10.5. The molecule has 3 rings (SSSR count). The minimum absolute atomic E-state index is 0.0438. The lowest BCUT2D eigenvalue weighted by molar-refractivity contribution is 0.480. The molecule has 1 aliphatic heterocycles. The van der Waals surface area contributed by atoms with E-state index in [1.165, 1.54) is 0 Å². The Bertz CT molecular complexity index is 695. The smallest absolute Gasteiger partial charge is 0.151 e. The van der Waals surface area contributed by atoms with Gasteiger partial charge in [-0.25, -0.2) is 8.42 Å². The summed E-state index contributed by atoms with van der Waals surface area (Å²) < 4.78 is 23.3. The maximum Gasteiger partial charge on any atom is 0.151 e. The fraction of sp³-hybridized carbons (Fsp3) is 0.400. The Morgan fingerprint density at radius 2 is 2.10 bits per heavy atom. The average molecular weight is 305 g/mol. The van der Waals surface area contributed by atoms with Crippen LogP contribution < -0.4 is 5.32 Å². The van der Waals surface area contributed by atoms with Crippen molar-refractivity contribution in [1.29, 1.82) is 0 Å². The van der Waals surface area contributed by atoms with Crippen molar-refractivity contribution in [3.63, 3.8) is 0 Å². The first kappa shape index (κ1) is 14.3. The van der Waals surface area contributed by atoms with Crippen LogP contribution in [0.25, 0.3) is 11.3 Å². The van der Waals surface area contributed by atoms with Crippen LogP contribution in [0, 0.1) is 0 Å². The van der Waals surface area contributed by atoms with Gasteiger partial charge in [-0.05, 0) is 18.4 Å². The summed E-state index contributed by atoms with van der Waals surface area (Å²) in [6.45, 7) is 0.626. The van der Waals surface area contributed by atoms with E-state index in [4.69, 9.17) is 0 Å². The molecule has 0 aliphatic carbocycles. The lowest BCUT2D eigenvalue weighted by atomic mass is 10.1. The van der Waals surface area contributed by atoms with Crippen molar-refractivity contribution in [3.8, 4) is 11.3 Å². The number of sulfone groups is 1. The van der Waals surface area contributed by atoms with Gasteiger partial charge in [-0.1, -0.05) is 30.3 Å². The molecule has 1 aromatic carbocycles. The van der Waals surface area contributed by atoms with Crippen molar-refractivity contribution >= 4 is 9.84 Å². The summed E-state index contributed by atoms with van der Waals surface area (Å²) in [6.07, 6.45) is 3.46. The number of nitrogens with one attached hydrogen (secondary N) is 2. The number of hydrogen-bond donors (Lipinski definition) is 2. The zero-order valence-electron chi connectivity index (χ0n) is 11.7. The molecule has 5 nitrogen and oxygen atoms in total. The van der Waals surface area contributed by atoms with Gasteiger partial charge in [0.25, 0.3) is 0 Å². The highest BCUT2D eigenvalue weighted by Gasteiger charge is 2.24. The summed E-state index contributed by atoms with van der Waals surface area (Å²) in [7, 11) is -2.87. The predicted octanol–water partition coefficient (Wildman–Crippen LogP) is 1.74. The molecule has 112 valence electrons. The van der Waals surface area contributed by atoms with Crippen LogP contribution in [0.2, 0.25) is 0 Å². The van der Waals surface area contributed by atoms with Gasteiger partial charge in [0, 0.05) is 18.2 Å². The van der Waals surface area contributed by atoms with E-state index in [1.807, 2.05) is 30.3 Å². The molecule has 1 saturated heterocycles. The quantitative estimate of drug-likeness (QED) is 0.902. The van der Waals surface area contributed by atoms with Gasteiger partial charge < -0.3 is 5.32 Å². The van der Waals surface area contributed by atoms with Crippen LogP contribution in [0.5, 0.6) is 0 Å². The fourth-order valence-electron chi connectivity index (χ4n) is 2.74. The molecule has 2 aromatic rings. The topological polar surface area (TPSA) is 74.8 Å². The van der Waals surface area contributed by atoms with Crippen LogP contribution in [0.15, 0.2) is 36.5 Å². The number of aromatic amines is 1. The number of benzene rings is 1. The average Bonchev–Trinajstić information content (AvgIpc) is 2.93. The summed E-state index contributed by atoms with van der Waals surface area (Å²) in [5.74, 6) is 0.567.